The van der Waals surface area contributed by atoms with Crippen molar-refractivity contribution in [2.45, 2.75) is 39.7 Å². The van der Waals surface area contributed by atoms with Crippen molar-refractivity contribution in [2.75, 3.05) is 19.6 Å². The minimum Gasteiger partial charge on any atom is -0.444 e. The van der Waals surface area contributed by atoms with E-state index in [9.17, 15) is 14.4 Å². The Hall–Kier alpha value is -2.05. The van der Waals surface area contributed by atoms with Crippen LogP contribution in [0.1, 0.15) is 34.1 Å². The topological polar surface area (TPSA) is 96.5 Å². The van der Waals surface area contributed by atoms with Gasteiger partial charge < -0.3 is 20.7 Å². The standard InChI is InChI=1S/C14H25N3O4/c1-5-6-7-11(18)15-8-9-16-12(19)10-17-13(20)21-14(2,3)4/h6-7H,5,8-10H2,1-4H3,(H,15,18)(H,16,19)(H,17,20)/b7-6+. The van der Waals surface area contributed by atoms with Gasteiger partial charge in [0.25, 0.3) is 0 Å². The number of allylic oxidation sites excluding steroid dienone is 1. The Bertz CT molecular complexity index is 386. The molecule has 0 saturated carbocycles. The van der Waals surface area contributed by atoms with Crippen molar-refractivity contribution in [1.29, 1.82) is 0 Å². The first kappa shape index (κ1) is 18.9. The van der Waals surface area contributed by atoms with Crippen LogP contribution in [0.4, 0.5) is 4.79 Å². The quantitative estimate of drug-likeness (QED) is 0.476. The molecule has 3 N–H and O–H groups in total. The smallest absolute Gasteiger partial charge is 0.408 e. The Labute approximate surface area is 125 Å². The number of hydrogen-bond donors (Lipinski definition) is 3. The Morgan fingerprint density at radius 1 is 1.05 bits per heavy atom. The van der Waals surface area contributed by atoms with E-state index in [1.54, 1.807) is 26.8 Å². The zero-order valence-electron chi connectivity index (χ0n) is 13.1. The van der Waals surface area contributed by atoms with Gasteiger partial charge in [-0.25, -0.2) is 4.79 Å². The molecule has 0 aromatic carbocycles. The minimum atomic E-state index is -0.643. The van der Waals surface area contributed by atoms with Gasteiger partial charge in [0.05, 0.1) is 6.54 Å². The Morgan fingerprint density at radius 2 is 1.67 bits per heavy atom. The highest BCUT2D eigenvalue weighted by Gasteiger charge is 2.16. The first-order valence-corrected chi connectivity index (χ1v) is 6.92. The molecule has 0 radical (unpaired) electrons. The van der Waals surface area contributed by atoms with Crippen LogP contribution in [0.25, 0.3) is 0 Å². The van der Waals surface area contributed by atoms with Gasteiger partial charge in [0.15, 0.2) is 0 Å². The van der Waals surface area contributed by atoms with Gasteiger partial charge in [0.1, 0.15) is 5.60 Å². The van der Waals surface area contributed by atoms with Gasteiger partial charge in [-0.15, -0.1) is 0 Å². The van der Waals surface area contributed by atoms with Crippen LogP contribution in [-0.2, 0) is 14.3 Å². The van der Waals surface area contributed by atoms with Gasteiger partial charge in [-0.1, -0.05) is 13.0 Å². The highest BCUT2D eigenvalue weighted by Crippen LogP contribution is 2.05. The van der Waals surface area contributed by atoms with Crippen molar-refractivity contribution in [3.05, 3.63) is 12.2 Å². The molecule has 0 saturated heterocycles. The molecule has 7 heteroatoms. The summed E-state index contributed by atoms with van der Waals surface area (Å²) in [4.78, 5) is 33.9. The number of carbonyl (C=O) groups is 3. The molecule has 3 amide bonds. The zero-order chi connectivity index (χ0) is 16.3. The third-order valence-electron chi connectivity index (χ3n) is 2.04. The third-order valence-corrected chi connectivity index (χ3v) is 2.04. The second kappa shape index (κ2) is 9.79. The first-order valence-electron chi connectivity index (χ1n) is 6.92. The molecular weight excluding hydrogens is 274 g/mol. The molecule has 0 atom stereocenters. The van der Waals surface area contributed by atoms with E-state index in [1.807, 2.05) is 6.92 Å². The molecule has 21 heavy (non-hydrogen) atoms. The first-order chi connectivity index (χ1) is 9.74. The van der Waals surface area contributed by atoms with Crippen LogP contribution in [0.2, 0.25) is 0 Å². The van der Waals surface area contributed by atoms with E-state index < -0.39 is 11.7 Å². The fourth-order valence-electron chi connectivity index (χ4n) is 1.20. The van der Waals surface area contributed by atoms with E-state index in [4.69, 9.17) is 4.74 Å². The number of carbonyl (C=O) groups excluding carboxylic acids is 3. The molecule has 7 nitrogen and oxygen atoms in total. The maximum absolute atomic E-state index is 11.4. The maximum Gasteiger partial charge on any atom is 0.408 e. The molecule has 0 bridgehead atoms. The number of rotatable bonds is 7. The molecular formula is C14H25N3O4. The van der Waals surface area contributed by atoms with Gasteiger partial charge in [-0.2, -0.15) is 0 Å². The SMILES string of the molecule is CC/C=C/C(=O)NCCNC(=O)CNC(=O)OC(C)(C)C. The van der Waals surface area contributed by atoms with Crippen molar-refractivity contribution in [3.8, 4) is 0 Å². The van der Waals surface area contributed by atoms with Crippen molar-refractivity contribution < 1.29 is 19.1 Å². The van der Waals surface area contributed by atoms with E-state index in [0.717, 1.165) is 6.42 Å². The summed E-state index contributed by atoms with van der Waals surface area (Å²) < 4.78 is 4.99. The Morgan fingerprint density at radius 3 is 2.24 bits per heavy atom. The van der Waals surface area contributed by atoms with Crippen molar-refractivity contribution in [2.24, 2.45) is 0 Å². The number of ether oxygens (including phenoxy) is 1. The molecule has 0 aliphatic rings. The normalized spacial score (nSPS) is 11.0. The molecule has 0 aliphatic heterocycles. The molecule has 0 unspecified atom stereocenters. The molecule has 120 valence electrons. The molecule has 0 fully saturated rings. The highest BCUT2D eigenvalue weighted by molar-refractivity contribution is 5.87. The second-order valence-electron chi connectivity index (χ2n) is 5.31. The Balaban J connectivity index is 3.70. The summed E-state index contributed by atoms with van der Waals surface area (Å²) in [6, 6.07) is 0. The molecule has 0 aromatic heterocycles. The number of alkyl carbamates (subject to hydrolysis) is 1. The fraction of sp³-hybridized carbons (Fsp3) is 0.643. The zero-order valence-corrected chi connectivity index (χ0v) is 13.1. The van der Waals surface area contributed by atoms with Gasteiger partial charge in [0.2, 0.25) is 11.8 Å². The molecule has 0 rings (SSSR count). The summed E-state index contributed by atoms with van der Waals surface area (Å²) in [7, 11) is 0. The molecule has 0 aliphatic carbocycles. The predicted molar refractivity (Wildman–Crippen MR) is 79.7 cm³/mol. The van der Waals surface area contributed by atoms with E-state index >= 15 is 0 Å². The number of nitrogens with one attached hydrogen (secondary N) is 3. The lowest BCUT2D eigenvalue weighted by atomic mass is 10.2. The Kier molecular flexibility index (Phi) is 8.84. The second-order valence-corrected chi connectivity index (χ2v) is 5.31. The lowest BCUT2D eigenvalue weighted by Gasteiger charge is -2.19. The van der Waals surface area contributed by atoms with E-state index in [0.29, 0.717) is 13.1 Å². The summed E-state index contributed by atoms with van der Waals surface area (Å²) in [5.41, 5.74) is -0.600. The summed E-state index contributed by atoms with van der Waals surface area (Å²) in [6.45, 7) is 7.60. The van der Waals surface area contributed by atoms with Crippen LogP contribution in [0.15, 0.2) is 12.2 Å². The van der Waals surface area contributed by atoms with Crippen LogP contribution in [0.3, 0.4) is 0 Å². The van der Waals surface area contributed by atoms with Crippen LogP contribution < -0.4 is 16.0 Å². The molecule has 0 spiro atoms. The van der Waals surface area contributed by atoms with Crippen LogP contribution in [0, 0.1) is 0 Å². The van der Waals surface area contributed by atoms with Crippen molar-refractivity contribution in [1.82, 2.24) is 16.0 Å². The van der Waals surface area contributed by atoms with E-state index in [2.05, 4.69) is 16.0 Å². The van der Waals surface area contributed by atoms with E-state index in [-0.39, 0.29) is 18.4 Å². The summed E-state index contributed by atoms with van der Waals surface area (Å²) >= 11 is 0. The van der Waals surface area contributed by atoms with Gasteiger partial charge in [-0.3, -0.25) is 9.59 Å². The van der Waals surface area contributed by atoms with Crippen molar-refractivity contribution in [3.63, 3.8) is 0 Å². The minimum absolute atomic E-state index is 0.168. The monoisotopic (exact) mass is 299 g/mol. The summed E-state index contributed by atoms with van der Waals surface area (Å²) in [5.74, 6) is -0.544. The predicted octanol–water partition coefficient (Wildman–Crippen LogP) is 0.710. The van der Waals surface area contributed by atoms with Crippen LogP contribution >= 0.6 is 0 Å². The highest BCUT2D eigenvalue weighted by atomic mass is 16.6. The molecule has 0 aromatic rings. The van der Waals surface area contributed by atoms with Gasteiger partial charge >= 0.3 is 6.09 Å². The largest absolute Gasteiger partial charge is 0.444 e. The van der Waals surface area contributed by atoms with E-state index in [1.165, 1.54) is 6.08 Å². The average molecular weight is 299 g/mol. The van der Waals surface area contributed by atoms with Crippen LogP contribution in [0.5, 0.6) is 0 Å². The lowest BCUT2D eigenvalue weighted by molar-refractivity contribution is -0.120. The van der Waals surface area contributed by atoms with Gasteiger partial charge in [0, 0.05) is 13.1 Å². The lowest BCUT2D eigenvalue weighted by Crippen LogP contribution is -2.41. The van der Waals surface area contributed by atoms with Crippen molar-refractivity contribution >= 4 is 17.9 Å². The van der Waals surface area contributed by atoms with Gasteiger partial charge in [-0.05, 0) is 33.3 Å². The summed E-state index contributed by atoms with van der Waals surface area (Å²) in [6.07, 6.45) is 3.35. The summed E-state index contributed by atoms with van der Waals surface area (Å²) in [5, 5.41) is 7.53. The average Bonchev–Trinajstić information content (AvgIpc) is 2.37. The third kappa shape index (κ3) is 12.7. The van der Waals surface area contributed by atoms with Crippen LogP contribution in [-0.4, -0.2) is 43.1 Å². The maximum atomic E-state index is 11.4. The fourth-order valence-corrected chi connectivity index (χ4v) is 1.20. The number of amides is 3. The molecule has 0 heterocycles. The number of hydrogen-bond acceptors (Lipinski definition) is 4.